The van der Waals surface area contributed by atoms with E-state index in [1.165, 1.54) is 25.1 Å². The SMILES string of the molecule is COc1ccc(Cl)cc1NC(=O)CC1CSc2nc3c(cnn3-c3ccccc3)c(=O)n21. The Morgan fingerprint density at radius 2 is 2.09 bits per heavy atom. The highest BCUT2D eigenvalue weighted by atomic mass is 35.5. The molecule has 5 rings (SSSR count). The largest absolute Gasteiger partial charge is 0.495 e. The summed E-state index contributed by atoms with van der Waals surface area (Å²) in [6.07, 6.45) is 1.65. The van der Waals surface area contributed by atoms with E-state index < -0.39 is 0 Å². The fourth-order valence-corrected chi connectivity index (χ4v) is 5.03. The Bertz CT molecular complexity index is 1390. The number of carbonyl (C=O) groups excluding carboxylic acids is 1. The first-order chi connectivity index (χ1) is 15.5. The van der Waals surface area contributed by atoms with Crippen LogP contribution in [0.15, 0.2) is 64.7 Å². The van der Waals surface area contributed by atoms with Crippen molar-refractivity contribution in [2.75, 3.05) is 18.2 Å². The van der Waals surface area contributed by atoms with Crippen molar-refractivity contribution in [1.82, 2.24) is 19.3 Å². The van der Waals surface area contributed by atoms with Crippen LogP contribution in [0, 0.1) is 0 Å². The summed E-state index contributed by atoms with van der Waals surface area (Å²) in [4.78, 5) is 30.7. The maximum atomic E-state index is 13.2. The molecule has 1 amide bonds. The number of para-hydroxylation sites is 1. The Hall–Kier alpha value is -3.30. The molecule has 0 radical (unpaired) electrons. The lowest BCUT2D eigenvalue weighted by atomic mass is 10.2. The number of fused-ring (bicyclic) bond motifs is 2. The number of carbonyl (C=O) groups is 1. The highest BCUT2D eigenvalue weighted by Crippen LogP contribution is 2.34. The molecule has 0 spiro atoms. The van der Waals surface area contributed by atoms with Gasteiger partial charge in [0.1, 0.15) is 11.1 Å². The molecule has 0 fully saturated rings. The van der Waals surface area contributed by atoms with Crippen LogP contribution in [0.2, 0.25) is 5.02 Å². The zero-order chi connectivity index (χ0) is 22.2. The standard InChI is InChI=1S/C22H18ClN5O3S/c1-31-18-8-7-13(23)9-17(18)25-19(29)10-15-12-32-22-26-20-16(21(30)27(15)22)11-24-28(20)14-5-3-2-4-6-14/h2-9,11,15H,10,12H2,1H3,(H,25,29). The molecular weight excluding hydrogens is 450 g/mol. The van der Waals surface area contributed by atoms with Crippen molar-refractivity contribution >= 4 is 46.0 Å². The number of hydrogen-bond acceptors (Lipinski definition) is 6. The number of hydrogen-bond donors (Lipinski definition) is 1. The third-order valence-electron chi connectivity index (χ3n) is 5.23. The molecule has 1 aliphatic heterocycles. The normalized spacial score (nSPS) is 15.0. The third kappa shape index (κ3) is 3.63. The van der Waals surface area contributed by atoms with E-state index in [0.29, 0.717) is 38.4 Å². The molecule has 8 nitrogen and oxygen atoms in total. The van der Waals surface area contributed by atoms with Crippen molar-refractivity contribution in [2.45, 2.75) is 17.6 Å². The van der Waals surface area contributed by atoms with Gasteiger partial charge in [-0.3, -0.25) is 14.2 Å². The van der Waals surface area contributed by atoms with Crippen LogP contribution in [0.4, 0.5) is 5.69 Å². The van der Waals surface area contributed by atoms with Gasteiger partial charge in [-0.2, -0.15) is 5.10 Å². The van der Waals surface area contributed by atoms with Gasteiger partial charge in [-0.25, -0.2) is 9.67 Å². The second-order valence-corrected chi connectivity index (χ2v) is 8.68. The second kappa shape index (κ2) is 8.33. The van der Waals surface area contributed by atoms with Gasteiger partial charge in [0.15, 0.2) is 10.8 Å². The molecule has 162 valence electrons. The first kappa shape index (κ1) is 20.6. The molecule has 2 aromatic carbocycles. The van der Waals surface area contributed by atoms with Gasteiger partial charge in [-0.05, 0) is 30.3 Å². The molecule has 0 saturated heterocycles. The van der Waals surface area contributed by atoms with Crippen molar-refractivity contribution in [1.29, 1.82) is 0 Å². The molecule has 0 saturated carbocycles. The Balaban J connectivity index is 1.44. The minimum atomic E-state index is -0.315. The molecular formula is C22H18ClN5O3S. The number of ether oxygens (including phenoxy) is 1. The zero-order valence-corrected chi connectivity index (χ0v) is 18.6. The van der Waals surface area contributed by atoms with Crippen LogP contribution in [0.5, 0.6) is 5.75 Å². The first-order valence-electron chi connectivity index (χ1n) is 9.87. The van der Waals surface area contributed by atoms with Crippen molar-refractivity contribution in [3.05, 3.63) is 70.1 Å². The van der Waals surface area contributed by atoms with Gasteiger partial charge >= 0.3 is 0 Å². The zero-order valence-electron chi connectivity index (χ0n) is 17.0. The lowest BCUT2D eigenvalue weighted by Crippen LogP contribution is -2.27. The Morgan fingerprint density at radius 1 is 1.28 bits per heavy atom. The summed E-state index contributed by atoms with van der Waals surface area (Å²) in [5.41, 5.74) is 1.62. The van der Waals surface area contributed by atoms with Crippen LogP contribution >= 0.6 is 23.4 Å². The minimum absolute atomic E-state index is 0.121. The number of nitrogens with zero attached hydrogens (tertiary/aromatic N) is 4. The molecule has 1 atom stereocenters. The number of rotatable bonds is 5. The van der Waals surface area contributed by atoms with Crippen LogP contribution < -0.4 is 15.6 Å². The van der Waals surface area contributed by atoms with E-state index in [9.17, 15) is 9.59 Å². The fourth-order valence-electron chi connectivity index (χ4n) is 3.73. The van der Waals surface area contributed by atoms with Crippen molar-refractivity contribution in [2.24, 2.45) is 0 Å². The maximum absolute atomic E-state index is 13.2. The maximum Gasteiger partial charge on any atom is 0.265 e. The molecule has 1 N–H and O–H groups in total. The van der Waals surface area contributed by atoms with E-state index in [2.05, 4.69) is 10.4 Å². The Kier molecular flexibility index (Phi) is 5.36. The van der Waals surface area contributed by atoms with Crippen molar-refractivity contribution in [3.8, 4) is 11.4 Å². The van der Waals surface area contributed by atoms with Crippen LogP contribution in [-0.4, -0.2) is 38.1 Å². The topological polar surface area (TPSA) is 91.0 Å². The Labute approximate surface area is 192 Å². The predicted octanol–water partition coefficient (Wildman–Crippen LogP) is 3.92. The number of halogens is 1. The van der Waals surface area contributed by atoms with E-state index in [0.717, 1.165) is 5.69 Å². The fraction of sp³-hybridized carbons (Fsp3) is 0.182. The summed E-state index contributed by atoms with van der Waals surface area (Å²) in [6.45, 7) is 0. The first-order valence-corrected chi connectivity index (χ1v) is 11.2. The lowest BCUT2D eigenvalue weighted by molar-refractivity contribution is -0.116. The summed E-state index contributed by atoms with van der Waals surface area (Å²) < 4.78 is 8.53. The summed E-state index contributed by atoms with van der Waals surface area (Å²) in [7, 11) is 1.52. The van der Waals surface area contributed by atoms with E-state index in [1.54, 1.807) is 27.4 Å². The van der Waals surface area contributed by atoms with Gasteiger partial charge < -0.3 is 10.1 Å². The number of anilines is 1. The second-order valence-electron chi connectivity index (χ2n) is 7.26. The summed E-state index contributed by atoms with van der Waals surface area (Å²) in [5, 5.41) is 8.68. The van der Waals surface area contributed by atoms with E-state index in [1.807, 2.05) is 30.3 Å². The summed E-state index contributed by atoms with van der Waals surface area (Å²) >= 11 is 7.50. The smallest absolute Gasteiger partial charge is 0.265 e. The van der Waals surface area contributed by atoms with Crippen molar-refractivity contribution in [3.63, 3.8) is 0 Å². The number of nitrogens with one attached hydrogen (secondary N) is 1. The number of aromatic nitrogens is 4. The van der Waals surface area contributed by atoms with Crippen molar-refractivity contribution < 1.29 is 9.53 Å². The van der Waals surface area contributed by atoms with Gasteiger partial charge in [0.2, 0.25) is 5.91 Å². The molecule has 0 bridgehead atoms. The molecule has 0 aliphatic carbocycles. The molecule has 2 aromatic heterocycles. The average Bonchev–Trinajstić information content (AvgIpc) is 3.39. The van der Waals surface area contributed by atoms with Gasteiger partial charge in [0.25, 0.3) is 5.56 Å². The molecule has 3 heterocycles. The Morgan fingerprint density at radius 3 is 2.88 bits per heavy atom. The number of amides is 1. The number of thioether (sulfide) groups is 1. The molecule has 1 unspecified atom stereocenters. The molecule has 1 aliphatic rings. The average molecular weight is 468 g/mol. The third-order valence-corrected chi connectivity index (χ3v) is 6.56. The minimum Gasteiger partial charge on any atom is -0.495 e. The van der Waals surface area contributed by atoms with E-state index in [4.69, 9.17) is 21.3 Å². The van der Waals surface area contributed by atoms with E-state index in [-0.39, 0.29) is 23.9 Å². The lowest BCUT2D eigenvalue weighted by Gasteiger charge is -2.15. The van der Waals surface area contributed by atoms with E-state index >= 15 is 0 Å². The van der Waals surface area contributed by atoms with Gasteiger partial charge in [0.05, 0.1) is 30.7 Å². The van der Waals surface area contributed by atoms with Gasteiger partial charge in [-0.15, -0.1) is 0 Å². The highest BCUT2D eigenvalue weighted by Gasteiger charge is 2.29. The summed E-state index contributed by atoms with van der Waals surface area (Å²) in [6, 6.07) is 14.2. The molecule has 4 aromatic rings. The molecule has 32 heavy (non-hydrogen) atoms. The van der Waals surface area contributed by atoms with Crippen LogP contribution in [0.3, 0.4) is 0 Å². The highest BCUT2D eigenvalue weighted by molar-refractivity contribution is 7.99. The van der Waals surface area contributed by atoms with Crippen LogP contribution in [0.25, 0.3) is 16.7 Å². The number of methoxy groups -OCH3 is 1. The van der Waals surface area contributed by atoms with Crippen LogP contribution in [0.1, 0.15) is 12.5 Å². The summed E-state index contributed by atoms with van der Waals surface area (Å²) in [5.74, 6) is 0.849. The number of benzene rings is 2. The van der Waals surface area contributed by atoms with Crippen LogP contribution in [-0.2, 0) is 4.79 Å². The van der Waals surface area contributed by atoms with Gasteiger partial charge in [0, 0.05) is 17.2 Å². The quantitative estimate of drug-likeness (QED) is 0.447. The molecule has 10 heteroatoms. The predicted molar refractivity (Wildman–Crippen MR) is 124 cm³/mol. The monoisotopic (exact) mass is 467 g/mol. The van der Waals surface area contributed by atoms with Gasteiger partial charge in [-0.1, -0.05) is 41.6 Å².